The number of likely N-dealkylation sites (tertiary alicyclic amines) is 2. The average Bonchev–Trinajstić information content (AvgIpc) is 3.23. The summed E-state index contributed by atoms with van der Waals surface area (Å²) in [7, 11) is 0. The maximum Gasteiger partial charge on any atom is 0.236 e. The lowest BCUT2D eigenvalue weighted by Gasteiger charge is -2.33. The Morgan fingerprint density at radius 2 is 2.08 bits per heavy atom. The van der Waals surface area contributed by atoms with Gasteiger partial charge in [0.15, 0.2) is 5.82 Å². The summed E-state index contributed by atoms with van der Waals surface area (Å²) in [6.07, 6.45) is 4.25. The molecule has 8 nitrogen and oxygen atoms in total. The Hall–Kier alpha value is -1.96. The van der Waals surface area contributed by atoms with E-state index in [-0.39, 0.29) is 23.8 Å². The molecule has 8 heteroatoms. The highest BCUT2D eigenvalue weighted by Gasteiger charge is 2.33. The van der Waals surface area contributed by atoms with Gasteiger partial charge in [0, 0.05) is 19.5 Å². The van der Waals surface area contributed by atoms with E-state index in [1.807, 2.05) is 6.92 Å². The van der Waals surface area contributed by atoms with E-state index in [9.17, 15) is 9.59 Å². The molecular formula is C16H25N5O3. The summed E-state index contributed by atoms with van der Waals surface area (Å²) < 4.78 is 5.20. The van der Waals surface area contributed by atoms with Gasteiger partial charge < -0.3 is 15.2 Å². The SMILES string of the molecule is CCc1nc([C@H]2CCCN2CC(=O)N2CCC[C@H](C(N)=O)C2)no1. The number of carbonyl (C=O) groups excluding carboxylic acids is 2. The smallest absolute Gasteiger partial charge is 0.236 e. The van der Waals surface area contributed by atoms with Gasteiger partial charge in [-0.1, -0.05) is 12.1 Å². The molecule has 1 aromatic rings. The molecule has 0 spiro atoms. The number of aryl methyl sites for hydroxylation is 1. The lowest BCUT2D eigenvalue weighted by molar-refractivity contribution is -0.136. The first-order valence-corrected chi connectivity index (χ1v) is 8.72. The van der Waals surface area contributed by atoms with Gasteiger partial charge in [0.05, 0.1) is 18.5 Å². The third-order valence-electron chi connectivity index (χ3n) is 4.96. The standard InChI is InChI=1S/C16H25N5O3/c1-2-13-18-16(19-24-13)12-6-4-7-20(12)10-14(22)21-8-3-5-11(9-21)15(17)23/h11-12H,2-10H2,1H3,(H2,17,23)/t11-,12+/m0/s1. The van der Waals surface area contributed by atoms with Crippen LogP contribution in [-0.2, 0) is 16.0 Å². The van der Waals surface area contributed by atoms with Crippen LogP contribution < -0.4 is 5.73 Å². The van der Waals surface area contributed by atoms with Gasteiger partial charge >= 0.3 is 0 Å². The van der Waals surface area contributed by atoms with Gasteiger partial charge in [0.2, 0.25) is 17.7 Å². The number of rotatable bonds is 5. The molecule has 0 aliphatic carbocycles. The molecule has 132 valence electrons. The molecule has 2 saturated heterocycles. The molecule has 0 saturated carbocycles. The molecule has 2 N–H and O–H groups in total. The number of hydrogen-bond donors (Lipinski definition) is 1. The average molecular weight is 335 g/mol. The zero-order valence-electron chi connectivity index (χ0n) is 14.1. The lowest BCUT2D eigenvalue weighted by Crippen LogP contribution is -2.47. The molecule has 24 heavy (non-hydrogen) atoms. The number of aromatic nitrogens is 2. The topological polar surface area (TPSA) is 106 Å². The second-order valence-electron chi connectivity index (χ2n) is 6.61. The van der Waals surface area contributed by atoms with E-state index in [2.05, 4.69) is 15.0 Å². The zero-order chi connectivity index (χ0) is 17.1. The minimum atomic E-state index is -0.314. The number of hydrogen-bond acceptors (Lipinski definition) is 6. The third kappa shape index (κ3) is 3.58. The number of amides is 2. The Labute approximate surface area is 141 Å². The van der Waals surface area contributed by atoms with Crippen molar-refractivity contribution in [3.8, 4) is 0 Å². The number of nitrogens with two attached hydrogens (primary N) is 1. The summed E-state index contributed by atoms with van der Waals surface area (Å²) in [6, 6.07) is 0.0368. The van der Waals surface area contributed by atoms with Crippen molar-refractivity contribution in [3.05, 3.63) is 11.7 Å². The Kier molecular flexibility index (Phi) is 5.13. The van der Waals surface area contributed by atoms with Crippen molar-refractivity contribution in [3.63, 3.8) is 0 Å². The fourth-order valence-electron chi connectivity index (χ4n) is 3.56. The number of nitrogens with zero attached hydrogens (tertiary/aromatic N) is 4. The highest BCUT2D eigenvalue weighted by atomic mass is 16.5. The van der Waals surface area contributed by atoms with Gasteiger partial charge in [-0.2, -0.15) is 4.98 Å². The predicted octanol–water partition coefficient (Wildman–Crippen LogP) is 0.493. The molecule has 0 unspecified atom stereocenters. The van der Waals surface area contributed by atoms with Crippen LogP contribution in [-0.4, -0.2) is 57.9 Å². The highest BCUT2D eigenvalue weighted by molar-refractivity contribution is 5.81. The van der Waals surface area contributed by atoms with Crippen molar-refractivity contribution in [2.75, 3.05) is 26.2 Å². The van der Waals surface area contributed by atoms with E-state index in [1.165, 1.54) is 0 Å². The van der Waals surface area contributed by atoms with Gasteiger partial charge in [0.1, 0.15) is 0 Å². The Balaban J connectivity index is 1.61. The molecule has 3 heterocycles. The van der Waals surface area contributed by atoms with Gasteiger partial charge in [-0.15, -0.1) is 0 Å². The van der Waals surface area contributed by atoms with Gasteiger partial charge in [-0.05, 0) is 32.2 Å². The van der Waals surface area contributed by atoms with Crippen molar-refractivity contribution in [1.82, 2.24) is 19.9 Å². The van der Waals surface area contributed by atoms with E-state index in [4.69, 9.17) is 10.3 Å². The van der Waals surface area contributed by atoms with Crippen LogP contribution in [0.25, 0.3) is 0 Å². The fourth-order valence-corrected chi connectivity index (χ4v) is 3.56. The quantitative estimate of drug-likeness (QED) is 0.839. The van der Waals surface area contributed by atoms with Crippen LogP contribution >= 0.6 is 0 Å². The molecular weight excluding hydrogens is 310 g/mol. The van der Waals surface area contributed by atoms with Crippen molar-refractivity contribution in [1.29, 1.82) is 0 Å². The van der Waals surface area contributed by atoms with Crippen LogP contribution in [0.15, 0.2) is 4.52 Å². The monoisotopic (exact) mass is 335 g/mol. The molecule has 2 fully saturated rings. The van der Waals surface area contributed by atoms with Crippen LogP contribution in [0, 0.1) is 5.92 Å². The van der Waals surface area contributed by atoms with Crippen LogP contribution in [0.1, 0.15) is 50.4 Å². The van der Waals surface area contributed by atoms with Crippen molar-refractivity contribution in [2.45, 2.75) is 45.1 Å². The van der Waals surface area contributed by atoms with Crippen molar-refractivity contribution >= 4 is 11.8 Å². The first-order valence-electron chi connectivity index (χ1n) is 8.72. The maximum atomic E-state index is 12.6. The summed E-state index contributed by atoms with van der Waals surface area (Å²) in [5.41, 5.74) is 5.39. The predicted molar refractivity (Wildman–Crippen MR) is 85.7 cm³/mol. The molecule has 2 atom stereocenters. The Bertz CT molecular complexity index is 602. The fraction of sp³-hybridized carbons (Fsp3) is 0.750. The minimum Gasteiger partial charge on any atom is -0.369 e. The van der Waals surface area contributed by atoms with E-state index in [1.54, 1.807) is 4.90 Å². The van der Waals surface area contributed by atoms with E-state index < -0.39 is 0 Å². The molecule has 0 radical (unpaired) electrons. The second kappa shape index (κ2) is 7.29. The first kappa shape index (κ1) is 16.9. The molecule has 2 amide bonds. The van der Waals surface area contributed by atoms with Gasteiger partial charge in [0.25, 0.3) is 0 Å². The first-order chi connectivity index (χ1) is 11.6. The third-order valence-corrected chi connectivity index (χ3v) is 4.96. The normalized spacial score (nSPS) is 25.1. The van der Waals surface area contributed by atoms with Gasteiger partial charge in [-0.25, -0.2) is 0 Å². The van der Waals surface area contributed by atoms with Crippen LogP contribution in [0.5, 0.6) is 0 Å². The summed E-state index contributed by atoms with van der Waals surface area (Å²) in [6.45, 7) is 4.28. The van der Waals surface area contributed by atoms with E-state index >= 15 is 0 Å². The number of primary amides is 1. The number of carbonyl (C=O) groups is 2. The number of piperidine rings is 1. The van der Waals surface area contributed by atoms with Crippen molar-refractivity contribution < 1.29 is 14.1 Å². The van der Waals surface area contributed by atoms with Crippen LogP contribution in [0.3, 0.4) is 0 Å². The van der Waals surface area contributed by atoms with Gasteiger partial charge in [-0.3, -0.25) is 14.5 Å². The summed E-state index contributed by atoms with van der Waals surface area (Å²) >= 11 is 0. The molecule has 3 rings (SSSR count). The largest absolute Gasteiger partial charge is 0.369 e. The summed E-state index contributed by atoms with van der Waals surface area (Å²) in [5, 5.41) is 4.06. The summed E-state index contributed by atoms with van der Waals surface area (Å²) in [4.78, 5) is 32.3. The van der Waals surface area contributed by atoms with Crippen LogP contribution in [0.4, 0.5) is 0 Å². The molecule has 1 aromatic heterocycles. The second-order valence-corrected chi connectivity index (χ2v) is 6.61. The molecule has 2 aliphatic heterocycles. The summed E-state index contributed by atoms with van der Waals surface area (Å²) in [5.74, 6) is 0.813. The van der Waals surface area contributed by atoms with Crippen molar-refractivity contribution in [2.24, 2.45) is 11.7 Å². The van der Waals surface area contributed by atoms with E-state index in [0.29, 0.717) is 37.8 Å². The molecule has 0 bridgehead atoms. The minimum absolute atomic E-state index is 0.0368. The lowest BCUT2D eigenvalue weighted by atomic mass is 9.97. The molecule has 0 aromatic carbocycles. The van der Waals surface area contributed by atoms with E-state index in [0.717, 1.165) is 32.2 Å². The zero-order valence-corrected chi connectivity index (χ0v) is 14.1. The maximum absolute atomic E-state index is 12.6. The highest BCUT2D eigenvalue weighted by Crippen LogP contribution is 2.30. The molecule has 2 aliphatic rings. The van der Waals surface area contributed by atoms with Crippen LogP contribution in [0.2, 0.25) is 0 Å². The Morgan fingerprint density at radius 1 is 1.29 bits per heavy atom. The Morgan fingerprint density at radius 3 is 2.79 bits per heavy atom.